The van der Waals surface area contributed by atoms with Crippen LogP contribution < -0.4 is 0 Å². The summed E-state index contributed by atoms with van der Waals surface area (Å²) in [5, 5.41) is 1.06. The van der Waals surface area contributed by atoms with Gasteiger partial charge in [-0.3, -0.25) is 0 Å². The SMILES string of the molecule is COCCOCCOCC1(CBr)CCCC1. The molecule has 4 heteroatoms. The van der Waals surface area contributed by atoms with E-state index in [0.29, 0.717) is 31.8 Å². The highest BCUT2D eigenvalue weighted by Gasteiger charge is 2.32. The topological polar surface area (TPSA) is 27.7 Å². The van der Waals surface area contributed by atoms with Gasteiger partial charge in [0, 0.05) is 17.9 Å². The number of halogens is 1. The van der Waals surface area contributed by atoms with Gasteiger partial charge in [-0.1, -0.05) is 28.8 Å². The van der Waals surface area contributed by atoms with E-state index in [1.807, 2.05) is 0 Å². The summed E-state index contributed by atoms with van der Waals surface area (Å²) in [6, 6.07) is 0. The van der Waals surface area contributed by atoms with Crippen molar-refractivity contribution >= 4 is 15.9 Å². The summed E-state index contributed by atoms with van der Waals surface area (Å²) in [5.41, 5.74) is 0.395. The van der Waals surface area contributed by atoms with Crippen LogP contribution >= 0.6 is 15.9 Å². The fourth-order valence-electron chi connectivity index (χ4n) is 2.09. The summed E-state index contributed by atoms with van der Waals surface area (Å²) < 4.78 is 15.9. The first kappa shape index (κ1) is 14.4. The van der Waals surface area contributed by atoms with Crippen molar-refractivity contribution in [2.75, 3.05) is 45.5 Å². The van der Waals surface area contributed by atoms with Crippen molar-refractivity contribution in [1.29, 1.82) is 0 Å². The van der Waals surface area contributed by atoms with E-state index in [1.165, 1.54) is 25.7 Å². The van der Waals surface area contributed by atoms with Crippen LogP contribution in [0.3, 0.4) is 0 Å². The van der Waals surface area contributed by atoms with E-state index in [2.05, 4.69) is 15.9 Å². The smallest absolute Gasteiger partial charge is 0.0701 e. The van der Waals surface area contributed by atoms with Gasteiger partial charge >= 0.3 is 0 Å². The van der Waals surface area contributed by atoms with Crippen LogP contribution in [0.2, 0.25) is 0 Å². The second kappa shape index (κ2) is 8.45. The fraction of sp³-hybridized carbons (Fsp3) is 1.00. The second-order valence-electron chi connectivity index (χ2n) is 4.50. The lowest BCUT2D eigenvalue weighted by atomic mass is 9.90. The molecule has 1 fully saturated rings. The van der Waals surface area contributed by atoms with E-state index < -0.39 is 0 Å². The molecule has 0 bridgehead atoms. The molecule has 0 aromatic rings. The van der Waals surface area contributed by atoms with Crippen LogP contribution in [0.5, 0.6) is 0 Å². The monoisotopic (exact) mass is 294 g/mol. The van der Waals surface area contributed by atoms with Gasteiger partial charge < -0.3 is 14.2 Å². The van der Waals surface area contributed by atoms with E-state index in [0.717, 1.165) is 11.9 Å². The Kier molecular flexibility index (Phi) is 7.62. The number of ether oxygens (including phenoxy) is 3. The van der Waals surface area contributed by atoms with Gasteiger partial charge in [-0.2, -0.15) is 0 Å². The maximum atomic E-state index is 5.70. The highest BCUT2D eigenvalue weighted by Crippen LogP contribution is 2.39. The highest BCUT2D eigenvalue weighted by molar-refractivity contribution is 9.09. The fourth-order valence-corrected chi connectivity index (χ4v) is 2.81. The molecule has 1 aliphatic rings. The molecule has 0 N–H and O–H groups in total. The molecule has 0 aromatic heterocycles. The molecule has 96 valence electrons. The van der Waals surface area contributed by atoms with Crippen molar-refractivity contribution in [1.82, 2.24) is 0 Å². The quantitative estimate of drug-likeness (QED) is 0.483. The van der Waals surface area contributed by atoms with Gasteiger partial charge in [0.1, 0.15) is 0 Å². The average molecular weight is 295 g/mol. The summed E-state index contributed by atoms with van der Waals surface area (Å²) in [5.74, 6) is 0. The molecule has 0 heterocycles. The number of methoxy groups -OCH3 is 1. The molecule has 1 rings (SSSR count). The van der Waals surface area contributed by atoms with Crippen molar-refractivity contribution < 1.29 is 14.2 Å². The second-order valence-corrected chi connectivity index (χ2v) is 5.06. The predicted molar refractivity (Wildman–Crippen MR) is 68.2 cm³/mol. The standard InChI is InChI=1S/C12H23BrO3/c1-14-6-7-15-8-9-16-11-12(10-13)4-2-3-5-12/h2-11H2,1H3. The molecule has 1 aliphatic carbocycles. The lowest BCUT2D eigenvalue weighted by Crippen LogP contribution is -2.26. The summed E-state index contributed by atoms with van der Waals surface area (Å²) in [4.78, 5) is 0. The molecule has 0 spiro atoms. The first-order valence-corrected chi connectivity index (χ1v) is 7.15. The summed E-state index contributed by atoms with van der Waals surface area (Å²) in [6.45, 7) is 3.54. The maximum absolute atomic E-state index is 5.70. The van der Waals surface area contributed by atoms with Gasteiger partial charge in [0.05, 0.1) is 33.0 Å². The zero-order valence-corrected chi connectivity index (χ0v) is 11.8. The van der Waals surface area contributed by atoms with Crippen LogP contribution in [0.1, 0.15) is 25.7 Å². The Bertz CT molecular complexity index is 170. The van der Waals surface area contributed by atoms with Gasteiger partial charge in [0.2, 0.25) is 0 Å². The Hall–Kier alpha value is 0.360. The Balaban J connectivity index is 1.97. The Labute approximate surface area is 107 Å². The predicted octanol–water partition coefficient (Wildman–Crippen LogP) is 2.62. The van der Waals surface area contributed by atoms with Crippen LogP contribution in [0.15, 0.2) is 0 Å². The molecule has 0 atom stereocenters. The van der Waals surface area contributed by atoms with Crippen LogP contribution in [0, 0.1) is 5.41 Å². The summed E-state index contributed by atoms with van der Waals surface area (Å²) >= 11 is 3.61. The summed E-state index contributed by atoms with van der Waals surface area (Å²) in [6.07, 6.45) is 5.28. The molecular formula is C12H23BrO3. The third-order valence-electron chi connectivity index (χ3n) is 3.16. The van der Waals surface area contributed by atoms with E-state index in [4.69, 9.17) is 14.2 Å². The van der Waals surface area contributed by atoms with Gasteiger partial charge in [-0.25, -0.2) is 0 Å². The average Bonchev–Trinajstić information content (AvgIpc) is 2.77. The Morgan fingerprint density at radius 3 is 2.25 bits per heavy atom. The van der Waals surface area contributed by atoms with Crippen LogP contribution in [0.4, 0.5) is 0 Å². The van der Waals surface area contributed by atoms with Crippen molar-refractivity contribution in [3.63, 3.8) is 0 Å². The number of hydrogen-bond acceptors (Lipinski definition) is 3. The molecule has 3 nitrogen and oxygen atoms in total. The zero-order valence-electron chi connectivity index (χ0n) is 10.2. The third kappa shape index (κ3) is 5.13. The zero-order chi connectivity index (χ0) is 11.7. The van der Waals surface area contributed by atoms with Crippen molar-refractivity contribution in [2.24, 2.45) is 5.41 Å². The number of hydrogen-bond donors (Lipinski definition) is 0. The van der Waals surface area contributed by atoms with E-state index in [-0.39, 0.29) is 0 Å². The lowest BCUT2D eigenvalue weighted by Gasteiger charge is -2.26. The molecule has 0 saturated heterocycles. The molecule has 16 heavy (non-hydrogen) atoms. The minimum atomic E-state index is 0.395. The molecule has 1 saturated carbocycles. The van der Waals surface area contributed by atoms with Crippen molar-refractivity contribution in [3.05, 3.63) is 0 Å². The van der Waals surface area contributed by atoms with Gasteiger partial charge in [0.25, 0.3) is 0 Å². The van der Waals surface area contributed by atoms with Gasteiger partial charge in [-0.05, 0) is 12.8 Å². The van der Waals surface area contributed by atoms with Crippen molar-refractivity contribution in [2.45, 2.75) is 25.7 Å². The minimum Gasteiger partial charge on any atom is -0.382 e. The van der Waals surface area contributed by atoms with Gasteiger partial charge in [0.15, 0.2) is 0 Å². The minimum absolute atomic E-state index is 0.395. The lowest BCUT2D eigenvalue weighted by molar-refractivity contribution is 0.00128. The number of alkyl halides is 1. The highest BCUT2D eigenvalue weighted by atomic mass is 79.9. The molecule has 0 aromatic carbocycles. The Morgan fingerprint density at radius 2 is 1.62 bits per heavy atom. The van der Waals surface area contributed by atoms with E-state index in [1.54, 1.807) is 7.11 Å². The summed E-state index contributed by atoms with van der Waals surface area (Å²) in [7, 11) is 1.68. The molecule has 0 aliphatic heterocycles. The molecule has 0 radical (unpaired) electrons. The first-order chi connectivity index (χ1) is 7.83. The molecular weight excluding hydrogens is 272 g/mol. The van der Waals surface area contributed by atoms with E-state index in [9.17, 15) is 0 Å². The van der Waals surface area contributed by atoms with Crippen LogP contribution in [0.25, 0.3) is 0 Å². The Morgan fingerprint density at radius 1 is 1.00 bits per heavy atom. The van der Waals surface area contributed by atoms with Crippen LogP contribution in [-0.2, 0) is 14.2 Å². The van der Waals surface area contributed by atoms with Crippen molar-refractivity contribution in [3.8, 4) is 0 Å². The molecule has 0 unspecified atom stereocenters. The van der Waals surface area contributed by atoms with Crippen LogP contribution in [-0.4, -0.2) is 45.5 Å². The normalized spacial score (nSPS) is 19.1. The first-order valence-electron chi connectivity index (χ1n) is 6.03. The van der Waals surface area contributed by atoms with Gasteiger partial charge in [-0.15, -0.1) is 0 Å². The third-order valence-corrected chi connectivity index (χ3v) is 4.35. The van der Waals surface area contributed by atoms with E-state index >= 15 is 0 Å². The number of rotatable bonds is 9. The molecule has 0 amide bonds. The maximum Gasteiger partial charge on any atom is 0.0701 e. The largest absolute Gasteiger partial charge is 0.382 e.